The summed E-state index contributed by atoms with van der Waals surface area (Å²) in [6.45, 7) is 3.47. The Kier molecular flexibility index (Phi) is 7.65. The lowest BCUT2D eigenvalue weighted by Gasteiger charge is -2.31. The van der Waals surface area contributed by atoms with Crippen LogP contribution in [0.3, 0.4) is 0 Å². The number of rotatable bonds is 6. The van der Waals surface area contributed by atoms with E-state index in [9.17, 15) is 9.18 Å². The number of anilines is 1. The molecule has 2 unspecified atom stereocenters. The zero-order chi connectivity index (χ0) is 24.2. The van der Waals surface area contributed by atoms with E-state index in [-0.39, 0.29) is 17.1 Å². The summed E-state index contributed by atoms with van der Waals surface area (Å²) in [6.07, 6.45) is 7.32. The maximum Gasteiger partial charge on any atom is 0.318 e. The van der Waals surface area contributed by atoms with E-state index in [1.165, 1.54) is 6.07 Å². The van der Waals surface area contributed by atoms with Gasteiger partial charge in [0, 0.05) is 38.0 Å². The highest BCUT2D eigenvalue weighted by Gasteiger charge is 2.28. The molecule has 2 fully saturated rings. The number of carbonyl (C=O) groups is 1. The topological polar surface area (TPSA) is 91.4 Å². The Labute approximate surface area is 210 Å². The normalized spacial score (nSPS) is 21.4. The lowest BCUT2D eigenvalue weighted by atomic mass is 9.98. The standard InChI is InChI=1S/C25H32ClFN6O2/c26-20-12-16(3-4-21(20)27)22(13-19-2-1-8-28-19)32-25(34)33-9-5-17-14-29-24(31-23(17)15-33)30-18-6-10-35-11-7-18/h3-4,12,14,18-19,22,28H,1-2,5-11,13,15H2,(H,32,34)(H,29,30,31). The van der Waals surface area contributed by atoms with Crippen molar-refractivity contribution in [3.05, 3.63) is 52.1 Å². The van der Waals surface area contributed by atoms with Crippen LogP contribution in [0.15, 0.2) is 24.4 Å². The first-order valence-corrected chi connectivity index (χ1v) is 12.9. The van der Waals surface area contributed by atoms with Crippen LogP contribution >= 0.6 is 11.6 Å². The number of nitrogens with zero attached hydrogens (tertiary/aromatic N) is 3. The summed E-state index contributed by atoms with van der Waals surface area (Å²) in [5, 5.41) is 10.1. The Morgan fingerprint density at radius 2 is 2.17 bits per heavy atom. The lowest BCUT2D eigenvalue weighted by Crippen LogP contribution is -2.45. The highest BCUT2D eigenvalue weighted by Crippen LogP contribution is 2.27. The van der Waals surface area contributed by atoms with Crippen LogP contribution in [0.4, 0.5) is 15.1 Å². The number of urea groups is 1. The molecule has 35 heavy (non-hydrogen) atoms. The van der Waals surface area contributed by atoms with Crippen molar-refractivity contribution in [1.29, 1.82) is 0 Å². The summed E-state index contributed by atoms with van der Waals surface area (Å²) in [5.41, 5.74) is 2.75. The number of ether oxygens (including phenoxy) is 1. The first-order valence-electron chi connectivity index (χ1n) is 12.5. The van der Waals surface area contributed by atoms with Crippen LogP contribution in [0.25, 0.3) is 0 Å². The molecular weight excluding hydrogens is 471 g/mol. The molecule has 2 saturated heterocycles. The van der Waals surface area contributed by atoms with Crippen LogP contribution in [0.2, 0.25) is 5.02 Å². The van der Waals surface area contributed by atoms with E-state index >= 15 is 0 Å². The number of amides is 2. The molecule has 188 valence electrons. The largest absolute Gasteiger partial charge is 0.381 e. The number of hydrogen-bond acceptors (Lipinski definition) is 6. The average Bonchev–Trinajstić information content (AvgIpc) is 3.39. The van der Waals surface area contributed by atoms with Crippen LogP contribution in [-0.4, -0.2) is 59.3 Å². The minimum Gasteiger partial charge on any atom is -0.381 e. The lowest BCUT2D eigenvalue weighted by molar-refractivity contribution is 0.0903. The third-order valence-electron chi connectivity index (χ3n) is 7.11. The van der Waals surface area contributed by atoms with Crippen molar-refractivity contribution in [2.75, 3.05) is 31.6 Å². The van der Waals surface area contributed by atoms with E-state index in [0.29, 0.717) is 37.5 Å². The highest BCUT2D eigenvalue weighted by atomic mass is 35.5. The molecule has 3 aliphatic rings. The molecule has 4 heterocycles. The molecule has 1 aromatic heterocycles. The van der Waals surface area contributed by atoms with E-state index in [2.05, 4.69) is 20.9 Å². The minimum absolute atomic E-state index is 0.0642. The molecule has 0 saturated carbocycles. The van der Waals surface area contributed by atoms with E-state index in [0.717, 1.165) is 68.7 Å². The Morgan fingerprint density at radius 1 is 1.31 bits per heavy atom. The maximum absolute atomic E-state index is 13.8. The number of halogens is 2. The highest BCUT2D eigenvalue weighted by molar-refractivity contribution is 6.30. The van der Waals surface area contributed by atoms with E-state index in [4.69, 9.17) is 21.3 Å². The molecular formula is C25H32ClFN6O2. The summed E-state index contributed by atoms with van der Waals surface area (Å²) in [5.74, 6) is 0.140. The van der Waals surface area contributed by atoms with Gasteiger partial charge >= 0.3 is 6.03 Å². The fourth-order valence-electron chi connectivity index (χ4n) is 5.06. The van der Waals surface area contributed by atoms with Gasteiger partial charge in [-0.2, -0.15) is 0 Å². The fraction of sp³-hybridized carbons (Fsp3) is 0.560. The first-order chi connectivity index (χ1) is 17.0. The van der Waals surface area contributed by atoms with E-state index in [1.54, 1.807) is 17.0 Å². The molecule has 0 spiro atoms. The van der Waals surface area contributed by atoms with E-state index < -0.39 is 5.82 Å². The molecule has 2 atom stereocenters. The molecule has 2 aromatic rings. The predicted molar refractivity (Wildman–Crippen MR) is 132 cm³/mol. The number of benzene rings is 1. The maximum atomic E-state index is 13.8. The van der Waals surface area contributed by atoms with Gasteiger partial charge in [0.15, 0.2) is 0 Å². The second-order valence-corrected chi connectivity index (χ2v) is 9.98. The zero-order valence-electron chi connectivity index (χ0n) is 19.7. The zero-order valence-corrected chi connectivity index (χ0v) is 20.5. The average molecular weight is 503 g/mol. The monoisotopic (exact) mass is 502 g/mol. The summed E-state index contributed by atoms with van der Waals surface area (Å²) >= 11 is 6.06. The Hall–Kier alpha value is -2.49. The Bertz CT molecular complexity index is 1040. The third kappa shape index (κ3) is 6.02. The van der Waals surface area contributed by atoms with Crippen LogP contribution in [0.1, 0.15) is 55.0 Å². The number of aromatic nitrogens is 2. The van der Waals surface area contributed by atoms with E-state index in [1.807, 2.05) is 6.20 Å². The molecule has 5 rings (SSSR count). The van der Waals surface area contributed by atoms with Gasteiger partial charge in [0.25, 0.3) is 0 Å². The molecule has 1 aromatic carbocycles. The van der Waals surface area contributed by atoms with Crippen LogP contribution < -0.4 is 16.0 Å². The number of nitrogens with one attached hydrogen (secondary N) is 3. The molecule has 0 bridgehead atoms. The van der Waals surface area contributed by atoms with Gasteiger partial charge in [-0.05, 0) is 68.3 Å². The van der Waals surface area contributed by atoms with Crippen molar-refractivity contribution >= 4 is 23.6 Å². The summed E-state index contributed by atoms with van der Waals surface area (Å²) < 4.78 is 19.2. The summed E-state index contributed by atoms with van der Waals surface area (Å²) in [4.78, 5) is 24.3. The van der Waals surface area contributed by atoms with Gasteiger partial charge in [-0.15, -0.1) is 0 Å². The van der Waals surface area contributed by atoms with Gasteiger partial charge in [0.2, 0.25) is 5.95 Å². The molecule has 0 aliphatic carbocycles. The SMILES string of the molecule is O=C(NC(CC1CCCN1)c1ccc(F)c(Cl)c1)N1CCc2cnc(NC3CCOCC3)nc2C1. The quantitative estimate of drug-likeness (QED) is 0.556. The van der Waals surface area contributed by atoms with Crippen LogP contribution in [-0.2, 0) is 17.7 Å². The minimum atomic E-state index is -0.461. The summed E-state index contributed by atoms with van der Waals surface area (Å²) in [6, 6.07) is 4.86. The smallest absolute Gasteiger partial charge is 0.318 e. The first kappa shape index (κ1) is 24.2. The summed E-state index contributed by atoms with van der Waals surface area (Å²) in [7, 11) is 0. The molecule has 2 amide bonds. The second-order valence-electron chi connectivity index (χ2n) is 9.57. The van der Waals surface area contributed by atoms with Gasteiger partial charge in [-0.25, -0.2) is 19.2 Å². The molecule has 3 aliphatic heterocycles. The molecule has 8 nitrogen and oxygen atoms in total. The van der Waals surface area contributed by atoms with Crippen LogP contribution in [0, 0.1) is 5.82 Å². The molecule has 3 N–H and O–H groups in total. The van der Waals surface area contributed by atoms with Crippen molar-refractivity contribution in [2.24, 2.45) is 0 Å². The van der Waals surface area contributed by atoms with Crippen molar-refractivity contribution < 1.29 is 13.9 Å². The van der Waals surface area contributed by atoms with Gasteiger partial charge in [-0.1, -0.05) is 17.7 Å². The fourth-order valence-corrected chi connectivity index (χ4v) is 5.25. The van der Waals surface area contributed by atoms with Gasteiger partial charge in [0.1, 0.15) is 5.82 Å². The van der Waals surface area contributed by atoms with Crippen molar-refractivity contribution in [2.45, 2.75) is 63.2 Å². The molecule has 10 heteroatoms. The number of fused-ring (bicyclic) bond motifs is 1. The Morgan fingerprint density at radius 3 is 2.94 bits per heavy atom. The van der Waals surface area contributed by atoms with Gasteiger partial charge in [-0.3, -0.25) is 0 Å². The van der Waals surface area contributed by atoms with Gasteiger partial charge in [0.05, 0.1) is 23.3 Å². The second kappa shape index (κ2) is 11.1. The van der Waals surface area contributed by atoms with Crippen molar-refractivity contribution in [3.63, 3.8) is 0 Å². The Balaban J connectivity index is 1.27. The van der Waals surface area contributed by atoms with Crippen molar-refractivity contribution in [3.8, 4) is 0 Å². The van der Waals surface area contributed by atoms with Crippen molar-refractivity contribution in [1.82, 2.24) is 25.5 Å². The number of carbonyl (C=O) groups excluding carboxylic acids is 1. The molecule has 0 radical (unpaired) electrons. The van der Waals surface area contributed by atoms with Crippen LogP contribution in [0.5, 0.6) is 0 Å². The predicted octanol–water partition coefficient (Wildman–Crippen LogP) is 3.81. The third-order valence-corrected chi connectivity index (χ3v) is 7.40. The number of hydrogen-bond donors (Lipinski definition) is 3. The van der Waals surface area contributed by atoms with Gasteiger partial charge < -0.3 is 25.6 Å².